The van der Waals surface area contributed by atoms with Gasteiger partial charge in [-0.1, -0.05) is 23.4 Å². The molecule has 1 atom stereocenters. The number of aromatic nitrogens is 3. The second-order valence-electron chi connectivity index (χ2n) is 5.92. The van der Waals surface area contributed by atoms with Gasteiger partial charge in [-0.3, -0.25) is 9.88 Å². The van der Waals surface area contributed by atoms with Crippen molar-refractivity contribution in [2.24, 2.45) is 0 Å². The van der Waals surface area contributed by atoms with Gasteiger partial charge in [0.05, 0.1) is 6.54 Å². The number of likely N-dealkylation sites (N-methyl/N-ethyl adjacent to an activating group) is 1. The van der Waals surface area contributed by atoms with Gasteiger partial charge < -0.3 is 14.0 Å². The SMILES string of the molecule is CN(Cc1nc(-c2ccccn2)no1)C[C@H]1COc2ccccc2O1. The molecule has 7 nitrogen and oxygen atoms in total. The predicted octanol–water partition coefficient (Wildman–Crippen LogP) is 2.40. The summed E-state index contributed by atoms with van der Waals surface area (Å²) in [7, 11) is 1.98. The lowest BCUT2D eigenvalue weighted by Gasteiger charge is -2.29. The van der Waals surface area contributed by atoms with Crippen LogP contribution in [0.4, 0.5) is 0 Å². The molecule has 1 aromatic carbocycles. The van der Waals surface area contributed by atoms with Crippen molar-refractivity contribution in [1.29, 1.82) is 0 Å². The van der Waals surface area contributed by atoms with Gasteiger partial charge in [-0.15, -0.1) is 0 Å². The maximum absolute atomic E-state index is 5.97. The van der Waals surface area contributed by atoms with E-state index in [2.05, 4.69) is 20.0 Å². The summed E-state index contributed by atoms with van der Waals surface area (Å²) in [4.78, 5) is 10.7. The Kier molecular flexibility index (Phi) is 4.30. The quantitative estimate of drug-likeness (QED) is 0.707. The Morgan fingerprint density at radius 3 is 2.80 bits per heavy atom. The van der Waals surface area contributed by atoms with Crippen molar-refractivity contribution < 1.29 is 14.0 Å². The second kappa shape index (κ2) is 6.90. The van der Waals surface area contributed by atoms with E-state index in [1.807, 2.05) is 49.5 Å². The molecule has 0 saturated heterocycles. The summed E-state index contributed by atoms with van der Waals surface area (Å²) < 4.78 is 17.0. The van der Waals surface area contributed by atoms with Gasteiger partial charge in [0.25, 0.3) is 0 Å². The van der Waals surface area contributed by atoms with Gasteiger partial charge in [0.15, 0.2) is 11.5 Å². The number of benzene rings is 1. The zero-order valence-electron chi connectivity index (χ0n) is 13.8. The van der Waals surface area contributed by atoms with Crippen molar-refractivity contribution >= 4 is 0 Å². The summed E-state index contributed by atoms with van der Waals surface area (Å²) in [5.41, 5.74) is 0.695. The Bertz CT molecular complexity index is 837. The molecule has 0 unspecified atom stereocenters. The highest BCUT2D eigenvalue weighted by Gasteiger charge is 2.22. The van der Waals surface area contributed by atoms with Gasteiger partial charge in [-0.25, -0.2) is 0 Å². The molecule has 3 aromatic rings. The fraction of sp³-hybridized carbons (Fsp3) is 0.278. The maximum atomic E-state index is 5.97. The summed E-state index contributed by atoms with van der Waals surface area (Å²) in [5, 5.41) is 3.98. The molecule has 2 aromatic heterocycles. The number of ether oxygens (including phenoxy) is 2. The number of rotatable bonds is 5. The number of fused-ring (bicyclic) bond motifs is 1. The van der Waals surface area contributed by atoms with E-state index in [1.54, 1.807) is 6.20 Å². The van der Waals surface area contributed by atoms with Crippen molar-refractivity contribution in [2.75, 3.05) is 20.2 Å². The molecule has 1 aliphatic heterocycles. The van der Waals surface area contributed by atoms with E-state index in [-0.39, 0.29) is 6.10 Å². The lowest BCUT2D eigenvalue weighted by atomic mass is 10.2. The fourth-order valence-corrected chi connectivity index (χ4v) is 2.71. The highest BCUT2D eigenvalue weighted by atomic mass is 16.6. The van der Waals surface area contributed by atoms with Gasteiger partial charge in [0, 0.05) is 12.7 Å². The number of nitrogens with zero attached hydrogens (tertiary/aromatic N) is 4. The van der Waals surface area contributed by atoms with Gasteiger partial charge in [-0.2, -0.15) is 4.98 Å². The first-order valence-corrected chi connectivity index (χ1v) is 8.09. The van der Waals surface area contributed by atoms with E-state index in [1.165, 1.54) is 0 Å². The third kappa shape index (κ3) is 3.61. The molecule has 0 fully saturated rings. The monoisotopic (exact) mass is 338 g/mol. The molecule has 0 radical (unpaired) electrons. The molecule has 25 heavy (non-hydrogen) atoms. The van der Waals surface area contributed by atoms with E-state index in [0.29, 0.717) is 37.1 Å². The summed E-state index contributed by atoms with van der Waals surface area (Å²) in [6.07, 6.45) is 1.66. The minimum absolute atomic E-state index is 0.0434. The zero-order chi connectivity index (χ0) is 17.1. The highest BCUT2D eigenvalue weighted by Crippen LogP contribution is 2.31. The van der Waals surface area contributed by atoms with Gasteiger partial charge in [-0.05, 0) is 31.3 Å². The Morgan fingerprint density at radius 1 is 1.12 bits per heavy atom. The molecular weight excluding hydrogens is 320 g/mol. The largest absolute Gasteiger partial charge is 0.486 e. The third-order valence-electron chi connectivity index (χ3n) is 3.85. The number of para-hydroxylation sites is 2. The first kappa shape index (κ1) is 15.6. The first-order valence-electron chi connectivity index (χ1n) is 8.09. The van der Waals surface area contributed by atoms with Crippen LogP contribution in [0.3, 0.4) is 0 Å². The van der Waals surface area contributed by atoms with Crippen LogP contribution in [0.5, 0.6) is 11.5 Å². The van der Waals surface area contributed by atoms with Crippen LogP contribution in [0.2, 0.25) is 0 Å². The smallest absolute Gasteiger partial charge is 0.241 e. The van der Waals surface area contributed by atoms with Crippen LogP contribution in [0, 0.1) is 0 Å². The Hall–Kier alpha value is -2.93. The van der Waals surface area contributed by atoms with Gasteiger partial charge in [0.2, 0.25) is 11.7 Å². The topological polar surface area (TPSA) is 73.5 Å². The normalized spacial score (nSPS) is 16.2. The van der Waals surface area contributed by atoms with Crippen LogP contribution in [-0.4, -0.2) is 46.3 Å². The Labute approximate surface area is 145 Å². The van der Waals surface area contributed by atoms with E-state index < -0.39 is 0 Å². The molecule has 128 valence electrons. The van der Waals surface area contributed by atoms with Crippen molar-refractivity contribution in [2.45, 2.75) is 12.6 Å². The lowest BCUT2D eigenvalue weighted by molar-refractivity contribution is 0.0613. The van der Waals surface area contributed by atoms with Crippen LogP contribution in [0.15, 0.2) is 53.2 Å². The molecule has 0 saturated carbocycles. The summed E-state index contributed by atoms with van der Waals surface area (Å²) in [6.45, 7) is 1.74. The molecule has 0 N–H and O–H groups in total. The van der Waals surface area contributed by atoms with Crippen LogP contribution in [0.1, 0.15) is 5.89 Å². The molecule has 0 amide bonds. The molecule has 0 spiro atoms. The van der Waals surface area contributed by atoms with Gasteiger partial charge >= 0.3 is 0 Å². The average Bonchev–Trinajstić information content (AvgIpc) is 3.10. The molecule has 0 aliphatic carbocycles. The summed E-state index contributed by atoms with van der Waals surface area (Å²) >= 11 is 0. The van der Waals surface area contributed by atoms with Crippen molar-refractivity contribution in [1.82, 2.24) is 20.0 Å². The Morgan fingerprint density at radius 2 is 1.96 bits per heavy atom. The molecular formula is C18H18N4O3. The molecule has 4 rings (SSSR count). The minimum Gasteiger partial charge on any atom is -0.486 e. The zero-order valence-corrected chi connectivity index (χ0v) is 13.8. The van der Waals surface area contributed by atoms with Crippen LogP contribution >= 0.6 is 0 Å². The first-order chi connectivity index (χ1) is 12.3. The van der Waals surface area contributed by atoms with E-state index in [4.69, 9.17) is 14.0 Å². The molecule has 7 heteroatoms. The van der Waals surface area contributed by atoms with E-state index in [0.717, 1.165) is 11.5 Å². The van der Waals surface area contributed by atoms with Crippen molar-refractivity contribution in [3.8, 4) is 23.0 Å². The van der Waals surface area contributed by atoms with Crippen molar-refractivity contribution in [3.63, 3.8) is 0 Å². The third-order valence-corrected chi connectivity index (χ3v) is 3.85. The minimum atomic E-state index is -0.0434. The maximum Gasteiger partial charge on any atom is 0.241 e. The fourth-order valence-electron chi connectivity index (χ4n) is 2.71. The Balaban J connectivity index is 1.35. The van der Waals surface area contributed by atoms with Crippen LogP contribution in [-0.2, 0) is 6.54 Å². The number of pyridine rings is 1. The van der Waals surface area contributed by atoms with Gasteiger partial charge in [0.1, 0.15) is 18.4 Å². The van der Waals surface area contributed by atoms with E-state index in [9.17, 15) is 0 Å². The van der Waals surface area contributed by atoms with Crippen molar-refractivity contribution in [3.05, 3.63) is 54.6 Å². The summed E-state index contributed by atoms with van der Waals surface area (Å²) in [6, 6.07) is 13.3. The molecule has 3 heterocycles. The van der Waals surface area contributed by atoms with Crippen LogP contribution < -0.4 is 9.47 Å². The number of hydrogen-bond donors (Lipinski definition) is 0. The number of hydrogen-bond acceptors (Lipinski definition) is 7. The summed E-state index contributed by atoms with van der Waals surface area (Å²) in [5.74, 6) is 2.61. The lowest BCUT2D eigenvalue weighted by Crippen LogP contribution is -2.39. The molecule has 1 aliphatic rings. The van der Waals surface area contributed by atoms with E-state index >= 15 is 0 Å². The highest BCUT2D eigenvalue weighted by molar-refractivity contribution is 5.47. The standard InChI is InChI=1S/C18H18N4O3/c1-22(10-13-12-23-15-7-2-3-8-16(15)24-13)11-17-20-18(21-25-17)14-6-4-5-9-19-14/h2-9,13H,10-12H2,1H3/t13-/m0/s1. The average molecular weight is 338 g/mol. The second-order valence-corrected chi connectivity index (χ2v) is 5.92. The molecule has 0 bridgehead atoms. The predicted molar refractivity (Wildman–Crippen MR) is 90.2 cm³/mol. The van der Waals surface area contributed by atoms with Crippen LogP contribution in [0.25, 0.3) is 11.5 Å².